The molecule has 0 aliphatic carbocycles. The average molecular weight is 544 g/mol. The maximum absolute atomic E-state index is 13.9. The number of amides is 2. The molecule has 5 rings (SSSR count). The van der Waals surface area contributed by atoms with Crippen LogP contribution in [0.2, 0.25) is 0 Å². The number of nitrogens with zero attached hydrogens (tertiary/aromatic N) is 2. The molecule has 7 heteroatoms. The number of carbonyl (C=O) groups is 3. The van der Waals surface area contributed by atoms with E-state index in [0.29, 0.717) is 28.8 Å². The lowest BCUT2D eigenvalue weighted by atomic mass is 9.94. The molecule has 0 bridgehead atoms. The summed E-state index contributed by atoms with van der Waals surface area (Å²) in [6.45, 7) is 0.592. The summed E-state index contributed by atoms with van der Waals surface area (Å²) in [6.07, 6.45) is 3.11. The van der Waals surface area contributed by atoms with Crippen molar-refractivity contribution in [3.05, 3.63) is 138 Å². The molecule has 0 aliphatic heterocycles. The van der Waals surface area contributed by atoms with Crippen LogP contribution in [0.1, 0.15) is 38.3 Å². The van der Waals surface area contributed by atoms with Crippen LogP contribution < -0.4 is 5.32 Å². The Morgan fingerprint density at radius 1 is 0.756 bits per heavy atom. The highest BCUT2D eigenvalue weighted by molar-refractivity contribution is 6.06. The van der Waals surface area contributed by atoms with E-state index in [1.807, 2.05) is 72.8 Å². The van der Waals surface area contributed by atoms with Crippen molar-refractivity contribution in [2.75, 3.05) is 6.54 Å². The molecule has 1 aromatic heterocycles. The second kappa shape index (κ2) is 12.7. The van der Waals surface area contributed by atoms with Gasteiger partial charge >= 0.3 is 5.97 Å². The Bertz CT molecular complexity index is 1700. The number of aliphatic carboxylic acids is 1. The molecule has 1 heterocycles. The Balaban J connectivity index is 1.44. The number of benzene rings is 4. The van der Waals surface area contributed by atoms with Crippen molar-refractivity contribution >= 4 is 28.6 Å². The van der Waals surface area contributed by atoms with E-state index < -0.39 is 5.97 Å². The summed E-state index contributed by atoms with van der Waals surface area (Å²) in [7, 11) is 0. The van der Waals surface area contributed by atoms with Crippen molar-refractivity contribution in [2.24, 2.45) is 0 Å². The summed E-state index contributed by atoms with van der Waals surface area (Å²) in [5.74, 6) is -1.57. The van der Waals surface area contributed by atoms with E-state index in [9.17, 15) is 19.5 Å². The maximum atomic E-state index is 13.9. The number of hydrogen-bond donors (Lipinski definition) is 2. The molecule has 0 saturated heterocycles. The average Bonchev–Trinajstić information content (AvgIpc) is 3.02. The zero-order valence-corrected chi connectivity index (χ0v) is 22.4. The van der Waals surface area contributed by atoms with Gasteiger partial charge in [-0.25, -0.2) is 0 Å². The lowest BCUT2D eigenvalue weighted by Gasteiger charge is -2.24. The molecular formula is C34H29N3O4. The van der Waals surface area contributed by atoms with Crippen molar-refractivity contribution in [1.82, 2.24) is 15.2 Å². The molecule has 5 aromatic rings. The minimum atomic E-state index is -0.990. The second-order valence-electron chi connectivity index (χ2n) is 9.64. The van der Waals surface area contributed by atoms with Crippen molar-refractivity contribution < 1.29 is 19.5 Å². The fourth-order valence-electron chi connectivity index (χ4n) is 4.90. The number of aromatic nitrogens is 1. The van der Waals surface area contributed by atoms with Gasteiger partial charge in [-0.05, 0) is 51.2 Å². The number of carboxylic acids is 1. The summed E-state index contributed by atoms with van der Waals surface area (Å²) in [6, 6.07) is 32.0. The van der Waals surface area contributed by atoms with Gasteiger partial charge in [0, 0.05) is 43.2 Å². The lowest BCUT2D eigenvalue weighted by Crippen LogP contribution is -2.33. The molecule has 0 saturated carbocycles. The lowest BCUT2D eigenvalue weighted by molar-refractivity contribution is -0.137. The van der Waals surface area contributed by atoms with Gasteiger partial charge in [-0.2, -0.15) is 0 Å². The highest BCUT2D eigenvalue weighted by Gasteiger charge is 2.23. The fourth-order valence-corrected chi connectivity index (χ4v) is 4.90. The van der Waals surface area contributed by atoms with Crippen LogP contribution in [0.25, 0.3) is 21.9 Å². The minimum absolute atomic E-state index is 0.0323. The van der Waals surface area contributed by atoms with E-state index in [-0.39, 0.29) is 31.3 Å². The number of rotatable bonds is 10. The molecule has 2 amide bonds. The molecule has 2 N–H and O–H groups in total. The summed E-state index contributed by atoms with van der Waals surface area (Å²) in [5.41, 5.74) is 3.84. The van der Waals surface area contributed by atoms with Crippen molar-refractivity contribution in [1.29, 1.82) is 0 Å². The van der Waals surface area contributed by atoms with E-state index >= 15 is 0 Å². The predicted octanol–water partition coefficient (Wildman–Crippen LogP) is 5.95. The second-order valence-corrected chi connectivity index (χ2v) is 9.64. The van der Waals surface area contributed by atoms with Gasteiger partial charge < -0.3 is 15.3 Å². The van der Waals surface area contributed by atoms with E-state index in [4.69, 9.17) is 0 Å². The topological polar surface area (TPSA) is 99.6 Å². The number of carboxylic acid groups (broad SMARTS) is 1. The molecule has 0 fully saturated rings. The van der Waals surface area contributed by atoms with Gasteiger partial charge in [0.25, 0.3) is 11.8 Å². The molecule has 0 unspecified atom stereocenters. The van der Waals surface area contributed by atoms with Crippen LogP contribution in [-0.4, -0.2) is 39.3 Å². The van der Waals surface area contributed by atoms with E-state index in [1.165, 1.54) is 4.90 Å². The van der Waals surface area contributed by atoms with Crippen molar-refractivity contribution in [3.63, 3.8) is 0 Å². The fraction of sp³-hybridized carbons (Fsp3) is 0.118. The largest absolute Gasteiger partial charge is 0.481 e. The first kappa shape index (κ1) is 27.3. The van der Waals surface area contributed by atoms with Gasteiger partial charge in [-0.15, -0.1) is 0 Å². The first-order valence-electron chi connectivity index (χ1n) is 13.3. The quantitative estimate of drug-likeness (QED) is 0.227. The third-order valence-corrected chi connectivity index (χ3v) is 6.92. The smallest absolute Gasteiger partial charge is 0.305 e. The van der Waals surface area contributed by atoms with Crippen molar-refractivity contribution in [2.45, 2.75) is 19.5 Å². The number of hydrogen-bond acceptors (Lipinski definition) is 4. The zero-order chi connectivity index (χ0) is 28.6. The molecule has 0 spiro atoms. The predicted molar refractivity (Wildman–Crippen MR) is 158 cm³/mol. The number of nitrogens with one attached hydrogen (secondary N) is 1. The summed E-state index contributed by atoms with van der Waals surface area (Å²) < 4.78 is 0. The number of pyridine rings is 1. The van der Waals surface area contributed by atoms with Crippen LogP contribution in [-0.2, 0) is 17.9 Å². The minimum Gasteiger partial charge on any atom is -0.481 e. The van der Waals surface area contributed by atoms with Gasteiger partial charge in [0.1, 0.15) is 0 Å². The molecule has 4 aromatic carbocycles. The molecule has 7 nitrogen and oxygen atoms in total. The van der Waals surface area contributed by atoms with Crippen LogP contribution in [0.3, 0.4) is 0 Å². The Kier molecular flexibility index (Phi) is 8.45. The van der Waals surface area contributed by atoms with Crippen molar-refractivity contribution in [3.8, 4) is 11.1 Å². The molecule has 41 heavy (non-hydrogen) atoms. The normalized spacial score (nSPS) is 10.7. The van der Waals surface area contributed by atoms with Crippen LogP contribution in [0.4, 0.5) is 0 Å². The zero-order valence-electron chi connectivity index (χ0n) is 22.4. The van der Waals surface area contributed by atoms with E-state index in [0.717, 1.165) is 21.9 Å². The Morgan fingerprint density at radius 2 is 1.44 bits per heavy atom. The first-order chi connectivity index (χ1) is 20.0. The van der Waals surface area contributed by atoms with Gasteiger partial charge in [-0.1, -0.05) is 84.9 Å². The molecule has 0 radical (unpaired) electrons. The summed E-state index contributed by atoms with van der Waals surface area (Å²) in [5, 5.41) is 14.5. The number of fused-ring (bicyclic) bond motifs is 1. The van der Waals surface area contributed by atoms with Crippen LogP contribution in [0, 0.1) is 0 Å². The Morgan fingerprint density at radius 3 is 2.20 bits per heavy atom. The standard InChI is InChI=1S/C34H29N3O4/c38-32(39)18-20-37(23-24-9-8-19-35-21-24)34(41)31-17-6-4-15-29(31)28-14-3-5-16-30(28)33(40)36-22-26-12-7-11-25-10-1-2-13-27(25)26/h1-17,19,21H,18,20,22-23H2,(H,36,40)(H,38,39). The number of carbonyl (C=O) groups excluding carboxylic acids is 2. The molecule has 204 valence electrons. The highest BCUT2D eigenvalue weighted by Crippen LogP contribution is 2.29. The first-order valence-corrected chi connectivity index (χ1v) is 13.3. The SMILES string of the molecule is O=C(O)CCN(Cc1cccnc1)C(=O)c1ccccc1-c1ccccc1C(=O)NCc1cccc2ccccc12. The third-order valence-electron chi connectivity index (χ3n) is 6.92. The molecular weight excluding hydrogens is 514 g/mol. The maximum Gasteiger partial charge on any atom is 0.305 e. The molecule has 0 aliphatic rings. The van der Waals surface area contributed by atoms with Gasteiger partial charge in [0.2, 0.25) is 0 Å². The summed E-state index contributed by atoms with van der Waals surface area (Å²) >= 11 is 0. The van der Waals surface area contributed by atoms with Gasteiger partial charge in [0.15, 0.2) is 0 Å². The Labute approximate surface area is 238 Å². The summed E-state index contributed by atoms with van der Waals surface area (Å²) in [4.78, 5) is 44.4. The van der Waals surface area contributed by atoms with Crippen LogP contribution in [0.15, 0.2) is 116 Å². The van der Waals surface area contributed by atoms with E-state index in [1.54, 1.807) is 42.7 Å². The molecule has 0 atom stereocenters. The van der Waals surface area contributed by atoms with E-state index in [2.05, 4.69) is 10.3 Å². The third kappa shape index (κ3) is 6.47. The van der Waals surface area contributed by atoms with Gasteiger partial charge in [0.05, 0.1) is 6.42 Å². The highest BCUT2D eigenvalue weighted by atomic mass is 16.4. The van der Waals surface area contributed by atoms with Crippen LogP contribution in [0.5, 0.6) is 0 Å². The monoisotopic (exact) mass is 543 g/mol. The van der Waals surface area contributed by atoms with Gasteiger partial charge in [-0.3, -0.25) is 19.4 Å². The Hall–Kier alpha value is -5.30. The van der Waals surface area contributed by atoms with Crippen LogP contribution >= 0.6 is 0 Å².